The maximum absolute atomic E-state index is 10.9. The van der Waals surface area contributed by atoms with Crippen molar-refractivity contribution < 1.29 is 9.36 Å². The zero-order valence-corrected chi connectivity index (χ0v) is 12.0. The van der Waals surface area contributed by atoms with E-state index < -0.39 is 0 Å². The normalized spacial score (nSPS) is 11.0. The van der Waals surface area contributed by atoms with E-state index >= 15 is 0 Å². The van der Waals surface area contributed by atoms with Crippen molar-refractivity contribution in [1.82, 2.24) is 0 Å². The predicted molar refractivity (Wildman–Crippen MR) is 83.8 cm³/mol. The molecule has 0 aromatic carbocycles. The van der Waals surface area contributed by atoms with Crippen molar-refractivity contribution in [3.8, 4) is 0 Å². The summed E-state index contributed by atoms with van der Waals surface area (Å²) in [4.78, 5) is 10.9. The summed E-state index contributed by atoms with van der Waals surface area (Å²) in [7, 11) is 0. The Bertz CT molecular complexity index is 308. The first kappa shape index (κ1) is 21.4. The molecule has 0 N–H and O–H groups in total. The molecule has 1 aromatic rings. The Hall–Kier alpha value is 0.110. The Morgan fingerprint density at radius 2 is 1.58 bits per heavy atom. The van der Waals surface area contributed by atoms with Gasteiger partial charge in [0.2, 0.25) is 6.04 Å². The fourth-order valence-corrected chi connectivity index (χ4v) is 2.01. The fourth-order valence-electron chi connectivity index (χ4n) is 2.01. The number of halogens is 1. The molecular formula is C15H25ClNNaO+. The molecule has 0 bridgehead atoms. The third-order valence-electron chi connectivity index (χ3n) is 3.07. The molecule has 1 radical (unpaired) electrons. The third-order valence-corrected chi connectivity index (χ3v) is 3.07. The number of hydrogen-bond acceptors (Lipinski definition) is 1. The summed E-state index contributed by atoms with van der Waals surface area (Å²) in [6.07, 6.45) is 14.5. The van der Waals surface area contributed by atoms with Crippen LogP contribution in [-0.4, -0.2) is 35.8 Å². The number of carbonyl (C=O) groups excluding carboxylic acids is 1. The molecule has 1 atom stereocenters. The van der Waals surface area contributed by atoms with Crippen LogP contribution >= 0.6 is 12.4 Å². The van der Waals surface area contributed by atoms with Gasteiger partial charge >= 0.3 is 29.6 Å². The molecule has 0 amide bonds. The van der Waals surface area contributed by atoms with Crippen LogP contribution in [0.4, 0.5) is 0 Å². The van der Waals surface area contributed by atoms with E-state index in [1.165, 1.54) is 32.1 Å². The Kier molecular flexibility index (Phi) is 16.4. The molecular weight excluding hydrogens is 269 g/mol. The molecule has 4 heteroatoms. The SMILES string of the molecule is CCCCCCCCC([C]=O)[n+]1ccccc1.Cl.[NaH]. The minimum absolute atomic E-state index is 0. The van der Waals surface area contributed by atoms with E-state index in [9.17, 15) is 4.79 Å². The van der Waals surface area contributed by atoms with E-state index in [-0.39, 0.29) is 48.0 Å². The summed E-state index contributed by atoms with van der Waals surface area (Å²) < 4.78 is 1.94. The Balaban J connectivity index is 0. The van der Waals surface area contributed by atoms with Gasteiger partial charge in [-0.1, -0.05) is 45.1 Å². The molecule has 1 rings (SSSR count). The first-order chi connectivity index (χ1) is 8.38. The molecule has 103 valence electrons. The van der Waals surface area contributed by atoms with Gasteiger partial charge in [-0.3, -0.25) is 4.79 Å². The van der Waals surface area contributed by atoms with Crippen molar-refractivity contribution in [1.29, 1.82) is 0 Å². The van der Waals surface area contributed by atoms with Crippen LogP contribution < -0.4 is 4.57 Å². The summed E-state index contributed by atoms with van der Waals surface area (Å²) in [6, 6.07) is 5.75. The molecule has 0 fully saturated rings. The molecule has 0 aliphatic rings. The molecule has 2 nitrogen and oxygen atoms in total. The molecule has 0 saturated heterocycles. The zero-order chi connectivity index (χ0) is 12.3. The quantitative estimate of drug-likeness (QED) is 0.389. The van der Waals surface area contributed by atoms with Crippen molar-refractivity contribution >= 4 is 48.3 Å². The molecule has 1 aromatic heterocycles. The summed E-state index contributed by atoms with van der Waals surface area (Å²) >= 11 is 0. The van der Waals surface area contributed by atoms with Crippen LogP contribution in [0.2, 0.25) is 0 Å². The van der Waals surface area contributed by atoms with Gasteiger partial charge in [-0.2, -0.15) is 4.57 Å². The Morgan fingerprint density at radius 3 is 2.16 bits per heavy atom. The average molecular weight is 294 g/mol. The molecule has 0 aliphatic heterocycles. The fraction of sp³-hybridized carbons (Fsp3) is 0.600. The number of aromatic nitrogens is 1. The molecule has 0 saturated carbocycles. The van der Waals surface area contributed by atoms with Crippen LogP contribution in [0.1, 0.15) is 57.9 Å². The summed E-state index contributed by atoms with van der Waals surface area (Å²) in [6.45, 7) is 2.23. The van der Waals surface area contributed by atoms with E-state index in [1.807, 2.05) is 35.2 Å². The van der Waals surface area contributed by atoms with Gasteiger partial charge in [-0.15, -0.1) is 12.4 Å². The first-order valence-corrected chi connectivity index (χ1v) is 6.72. The monoisotopic (exact) mass is 293 g/mol. The Labute approximate surface area is 145 Å². The van der Waals surface area contributed by atoms with Crippen LogP contribution in [0.15, 0.2) is 30.6 Å². The van der Waals surface area contributed by atoms with Gasteiger partial charge in [0.1, 0.15) is 0 Å². The second kappa shape index (κ2) is 14.5. The summed E-state index contributed by atoms with van der Waals surface area (Å²) in [5.74, 6) is 0. The van der Waals surface area contributed by atoms with Crippen molar-refractivity contribution in [2.24, 2.45) is 0 Å². The van der Waals surface area contributed by atoms with Crippen LogP contribution in [-0.2, 0) is 4.79 Å². The molecule has 0 aliphatic carbocycles. The third kappa shape index (κ3) is 9.61. The number of hydrogen-bond donors (Lipinski definition) is 0. The van der Waals surface area contributed by atoms with Crippen molar-refractivity contribution in [2.45, 2.75) is 57.9 Å². The predicted octanol–water partition coefficient (Wildman–Crippen LogP) is 3.15. The van der Waals surface area contributed by atoms with Gasteiger partial charge in [-0.25, -0.2) is 0 Å². The van der Waals surface area contributed by atoms with Gasteiger partial charge in [-0.05, 0) is 6.42 Å². The number of unbranched alkanes of at least 4 members (excludes halogenated alkanes) is 5. The topological polar surface area (TPSA) is 20.9 Å². The van der Waals surface area contributed by atoms with Gasteiger partial charge in [0, 0.05) is 18.6 Å². The number of rotatable bonds is 9. The van der Waals surface area contributed by atoms with E-state index in [4.69, 9.17) is 0 Å². The van der Waals surface area contributed by atoms with Crippen LogP contribution in [0.5, 0.6) is 0 Å². The minimum atomic E-state index is -0.109. The van der Waals surface area contributed by atoms with Gasteiger partial charge in [0.05, 0.1) is 0 Å². The molecule has 1 heterocycles. The van der Waals surface area contributed by atoms with Crippen LogP contribution in [0.3, 0.4) is 0 Å². The van der Waals surface area contributed by atoms with E-state index in [0.29, 0.717) is 0 Å². The average Bonchev–Trinajstić information content (AvgIpc) is 2.39. The number of nitrogens with zero attached hydrogens (tertiary/aromatic N) is 1. The molecule has 0 spiro atoms. The zero-order valence-electron chi connectivity index (χ0n) is 11.2. The second-order valence-electron chi connectivity index (χ2n) is 4.51. The van der Waals surface area contributed by atoms with Gasteiger partial charge < -0.3 is 0 Å². The summed E-state index contributed by atoms with van der Waals surface area (Å²) in [5.41, 5.74) is 0. The van der Waals surface area contributed by atoms with Crippen molar-refractivity contribution in [2.75, 3.05) is 0 Å². The maximum atomic E-state index is 10.9. The van der Waals surface area contributed by atoms with E-state index in [1.54, 1.807) is 0 Å². The standard InChI is InChI=1S/C15H23NO.ClH.Na.H/c1-2-3-4-5-6-8-11-15(14-17)16-12-9-7-10-13-16;;;/h7,9-10,12-13,15H,2-6,8,11H2,1H3;1H;;/q+1;;;. The van der Waals surface area contributed by atoms with E-state index in [0.717, 1.165) is 12.8 Å². The number of pyridine rings is 1. The van der Waals surface area contributed by atoms with E-state index in [2.05, 4.69) is 13.2 Å². The van der Waals surface area contributed by atoms with Crippen LogP contribution in [0, 0.1) is 0 Å². The first-order valence-electron chi connectivity index (χ1n) is 6.72. The summed E-state index contributed by atoms with van der Waals surface area (Å²) in [5, 5.41) is 0. The van der Waals surface area contributed by atoms with Gasteiger partial charge in [0.15, 0.2) is 12.4 Å². The second-order valence-corrected chi connectivity index (χ2v) is 4.51. The van der Waals surface area contributed by atoms with Crippen molar-refractivity contribution in [3.05, 3.63) is 30.6 Å². The van der Waals surface area contributed by atoms with Crippen molar-refractivity contribution in [3.63, 3.8) is 0 Å². The molecule has 1 unspecified atom stereocenters. The molecule has 19 heavy (non-hydrogen) atoms. The van der Waals surface area contributed by atoms with Crippen LogP contribution in [0.25, 0.3) is 0 Å². The van der Waals surface area contributed by atoms with Gasteiger partial charge in [0.25, 0.3) is 6.29 Å². The Morgan fingerprint density at radius 1 is 1.00 bits per heavy atom.